The van der Waals surface area contributed by atoms with E-state index in [1.54, 1.807) is 0 Å². The molecule has 5 heteroatoms. The van der Waals surface area contributed by atoms with Crippen LogP contribution in [-0.4, -0.2) is 46.0 Å². The summed E-state index contributed by atoms with van der Waals surface area (Å²) in [4.78, 5) is 15.3. The molecule has 0 amide bonds. The van der Waals surface area contributed by atoms with Crippen LogP contribution in [0.15, 0.2) is 0 Å². The van der Waals surface area contributed by atoms with Crippen LogP contribution < -0.4 is 0 Å². The van der Waals surface area contributed by atoms with Crippen LogP contribution in [0.25, 0.3) is 0 Å². The molecule has 1 radical (unpaired) electrons. The SMILES string of the molecule is CP(=O)(O)O.[Na]. The van der Waals surface area contributed by atoms with Crippen LogP contribution in [-0.2, 0) is 4.57 Å². The summed E-state index contributed by atoms with van der Waals surface area (Å²) in [6, 6.07) is 0. The first kappa shape index (κ1) is 10.2. The topological polar surface area (TPSA) is 57.5 Å². The van der Waals surface area contributed by atoms with E-state index < -0.39 is 7.60 Å². The molecule has 0 heterocycles. The van der Waals surface area contributed by atoms with Crippen molar-refractivity contribution in [2.24, 2.45) is 0 Å². The molecule has 0 fully saturated rings. The smallest absolute Gasteiger partial charge is 0.322 e. The van der Waals surface area contributed by atoms with Crippen molar-refractivity contribution in [2.75, 3.05) is 6.66 Å². The van der Waals surface area contributed by atoms with E-state index in [0.29, 0.717) is 0 Å². The minimum Gasteiger partial charge on any atom is -0.325 e. The van der Waals surface area contributed by atoms with Gasteiger partial charge < -0.3 is 9.79 Å². The molecule has 0 saturated heterocycles. The number of hydrogen-bond donors (Lipinski definition) is 2. The first-order chi connectivity index (χ1) is 2.00. The summed E-state index contributed by atoms with van der Waals surface area (Å²) in [6.07, 6.45) is 0. The van der Waals surface area contributed by atoms with Crippen molar-refractivity contribution in [1.82, 2.24) is 0 Å². The second-order valence-corrected chi connectivity index (χ2v) is 2.51. The third-order valence-corrected chi connectivity index (χ3v) is 0. The fourth-order valence-corrected chi connectivity index (χ4v) is 0. The Hall–Kier alpha value is 1.15. The van der Waals surface area contributed by atoms with E-state index in [2.05, 4.69) is 0 Å². The summed E-state index contributed by atoms with van der Waals surface area (Å²) in [5.41, 5.74) is 0. The minimum atomic E-state index is -3.64. The van der Waals surface area contributed by atoms with E-state index in [0.717, 1.165) is 6.66 Å². The Morgan fingerprint density at radius 2 is 1.50 bits per heavy atom. The van der Waals surface area contributed by atoms with E-state index in [9.17, 15) is 4.57 Å². The fraction of sp³-hybridized carbons (Fsp3) is 1.00. The summed E-state index contributed by atoms with van der Waals surface area (Å²) < 4.78 is 9.33. The van der Waals surface area contributed by atoms with Gasteiger partial charge in [-0.15, -0.1) is 0 Å². The largest absolute Gasteiger partial charge is 0.325 e. The zero-order valence-electron chi connectivity index (χ0n) is 3.75. The number of rotatable bonds is 0. The summed E-state index contributed by atoms with van der Waals surface area (Å²) in [5, 5.41) is 0. The minimum absolute atomic E-state index is 0. The van der Waals surface area contributed by atoms with Crippen molar-refractivity contribution < 1.29 is 14.4 Å². The van der Waals surface area contributed by atoms with E-state index in [1.807, 2.05) is 0 Å². The predicted octanol–water partition coefficient (Wildman–Crippen LogP) is -0.587. The average molecular weight is 119 g/mol. The first-order valence-electron chi connectivity index (χ1n) is 1.03. The van der Waals surface area contributed by atoms with Crippen molar-refractivity contribution >= 4 is 37.2 Å². The third-order valence-electron chi connectivity index (χ3n) is 0. The maximum Gasteiger partial charge on any atom is 0.322 e. The molecule has 6 heavy (non-hydrogen) atoms. The van der Waals surface area contributed by atoms with Crippen LogP contribution in [0.3, 0.4) is 0 Å². The molecule has 0 aliphatic carbocycles. The van der Waals surface area contributed by atoms with Crippen molar-refractivity contribution in [3.8, 4) is 0 Å². The molecule has 0 atom stereocenters. The molecular weight excluding hydrogens is 114 g/mol. The van der Waals surface area contributed by atoms with Gasteiger partial charge in [-0.05, 0) is 0 Å². The predicted molar refractivity (Wildman–Crippen MR) is 23.7 cm³/mol. The summed E-state index contributed by atoms with van der Waals surface area (Å²) >= 11 is 0. The van der Waals surface area contributed by atoms with Crippen LogP contribution in [0.5, 0.6) is 0 Å². The van der Waals surface area contributed by atoms with Gasteiger partial charge in [0.05, 0.1) is 0 Å². The van der Waals surface area contributed by atoms with Gasteiger partial charge in [-0.2, -0.15) is 0 Å². The molecule has 33 valence electrons. The molecule has 0 aromatic rings. The van der Waals surface area contributed by atoms with Crippen molar-refractivity contribution in [1.29, 1.82) is 0 Å². The fourth-order valence-electron chi connectivity index (χ4n) is 0. The van der Waals surface area contributed by atoms with Gasteiger partial charge in [0.2, 0.25) is 0 Å². The molecule has 3 nitrogen and oxygen atoms in total. The second-order valence-electron chi connectivity index (χ2n) is 0.835. The zero-order valence-corrected chi connectivity index (χ0v) is 6.64. The molecule has 0 saturated carbocycles. The summed E-state index contributed by atoms with van der Waals surface area (Å²) in [6.45, 7) is 0.854. The van der Waals surface area contributed by atoms with Crippen molar-refractivity contribution in [3.05, 3.63) is 0 Å². The molecular formula is CH5NaO3P. The summed E-state index contributed by atoms with van der Waals surface area (Å²) in [5.74, 6) is 0. The van der Waals surface area contributed by atoms with Gasteiger partial charge in [0, 0.05) is 36.2 Å². The quantitative estimate of drug-likeness (QED) is 0.331. The van der Waals surface area contributed by atoms with Crippen LogP contribution in [0, 0.1) is 0 Å². The van der Waals surface area contributed by atoms with Crippen LogP contribution in [0.4, 0.5) is 0 Å². The molecule has 0 aliphatic rings. The van der Waals surface area contributed by atoms with E-state index in [4.69, 9.17) is 9.79 Å². The van der Waals surface area contributed by atoms with Crippen molar-refractivity contribution in [3.63, 3.8) is 0 Å². The van der Waals surface area contributed by atoms with Gasteiger partial charge >= 0.3 is 7.60 Å². The molecule has 0 bridgehead atoms. The van der Waals surface area contributed by atoms with Gasteiger partial charge in [-0.25, -0.2) is 0 Å². The van der Waals surface area contributed by atoms with Gasteiger partial charge in [0.25, 0.3) is 0 Å². The molecule has 0 aliphatic heterocycles. The first-order valence-corrected chi connectivity index (χ1v) is 3.09. The second kappa shape index (κ2) is 3.19. The third kappa shape index (κ3) is 67.1. The zero-order chi connectivity index (χ0) is 4.50. The van der Waals surface area contributed by atoms with Gasteiger partial charge in [0.1, 0.15) is 0 Å². The van der Waals surface area contributed by atoms with Crippen molar-refractivity contribution in [2.45, 2.75) is 0 Å². The molecule has 0 aromatic carbocycles. The van der Waals surface area contributed by atoms with Crippen LogP contribution in [0.1, 0.15) is 0 Å². The normalized spacial score (nSPS) is 9.83. The van der Waals surface area contributed by atoms with Crippen LogP contribution >= 0.6 is 7.60 Å². The Morgan fingerprint density at radius 1 is 1.50 bits per heavy atom. The Bertz CT molecular complexity index is 56.9. The Kier molecular flexibility index (Phi) is 5.42. The van der Waals surface area contributed by atoms with Gasteiger partial charge in [-0.3, -0.25) is 4.57 Å². The Balaban J connectivity index is 0. The maximum absolute atomic E-state index is 9.33. The molecule has 0 aromatic heterocycles. The maximum atomic E-state index is 9.33. The average Bonchev–Trinajstić information content (AvgIpc) is 0.722. The van der Waals surface area contributed by atoms with Gasteiger partial charge in [-0.1, -0.05) is 0 Å². The number of hydrogen-bond acceptors (Lipinski definition) is 1. The Labute approximate surface area is 58.2 Å². The van der Waals surface area contributed by atoms with Crippen LogP contribution in [0.2, 0.25) is 0 Å². The van der Waals surface area contributed by atoms with E-state index in [1.165, 1.54) is 0 Å². The molecule has 0 unspecified atom stereocenters. The van der Waals surface area contributed by atoms with E-state index in [-0.39, 0.29) is 29.6 Å². The van der Waals surface area contributed by atoms with E-state index >= 15 is 0 Å². The summed E-state index contributed by atoms with van der Waals surface area (Å²) in [7, 11) is -3.64. The molecule has 2 N–H and O–H groups in total. The Morgan fingerprint density at radius 3 is 1.50 bits per heavy atom. The van der Waals surface area contributed by atoms with Gasteiger partial charge in [0.15, 0.2) is 0 Å². The molecule has 0 spiro atoms. The monoisotopic (exact) mass is 119 g/mol. The molecule has 0 rings (SSSR count). The standard InChI is InChI=1S/CH5O3P.Na/c1-5(2,3)4;/h1H3,(H2,2,3,4);.